The molecule has 0 aromatic carbocycles. The summed E-state index contributed by atoms with van der Waals surface area (Å²) in [5.74, 6) is 0. The van der Waals surface area contributed by atoms with Gasteiger partial charge in [0.05, 0.1) is 22.9 Å². The van der Waals surface area contributed by atoms with Gasteiger partial charge in [-0.3, -0.25) is 0 Å². The Kier molecular flexibility index (Phi) is 3.19. The van der Waals surface area contributed by atoms with Crippen LogP contribution in [0.5, 0.6) is 0 Å². The Balaban J connectivity index is 2.54. The van der Waals surface area contributed by atoms with Gasteiger partial charge in [0.25, 0.3) is 0 Å². The zero-order valence-electron chi connectivity index (χ0n) is 2.91. The molecule has 3 heteroatoms. The fourth-order valence-corrected chi connectivity index (χ4v) is 0. The average Bonchev–Trinajstić information content (AvgIpc) is 1.38. The number of hydrogen-bond donors (Lipinski definition) is 0. The lowest BCUT2D eigenvalue weighted by molar-refractivity contribution is 0.198. The summed E-state index contributed by atoms with van der Waals surface area (Å²) in [5, 5.41) is 0. The van der Waals surface area contributed by atoms with Crippen molar-refractivity contribution in [2.24, 2.45) is 0 Å². The summed E-state index contributed by atoms with van der Waals surface area (Å²) in [7, 11) is 0. The van der Waals surface area contributed by atoms with E-state index in [9.17, 15) is 4.48 Å². The van der Waals surface area contributed by atoms with Crippen LogP contribution in [0.2, 0.25) is 0 Å². The van der Waals surface area contributed by atoms with Crippen LogP contribution in [0.25, 0.3) is 0 Å². The molecule has 0 aliphatic rings. The van der Waals surface area contributed by atoms with Gasteiger partial charge >= 0.3 is 0 Å². The highest BCUT2D eigenvalue weighted by Gasteiger charge is 1.81. The van der Waals surface area contributed by atoms with Crippen molar-refractivity contribution in [3.05, 3.63) is 0 Å². The highest BCUT2D eigenvalue weighted by atomic mass is 127. The van der Waals surface area contributed by atoms with Crippen molar-refractivity contribution >= 4 is 22.9 Å². The molecule has 0 atom stereocenters. The van der Waals surface area contributed by atoms with E-state index in [1.165, 1.54) is 0 Å². The Hall–Kier alpha value is 0.620. The zero-order valence-corrected chi connectivity index (χ0v) is 5.07. The topological polar surface area (TPSA) is 3.24 Å². The first-order valence-corrected chi connectivity index (χ1v) is 2.33. The van der Waals surface area contributed by atoms with Gasteiger partial charge in [0.1, 0.15) is 0 Å². The summed E-state index contributed by atoms with van der Waals surface area (Å²) < 4.78 is 11.8. The summed E-state index contributed by atoms with van der Waals surface area (Å²) in [6, 6.07) is 0. The molecule has 0 spiro atoms. The third-order valence-electron chi connectivity index (χ3n) is 0.239. The molecule has 0 bridgehead atoms. The predicted molar refractivity (Wildman–Crippen MR) is 27.5 cm³/mol. The van der Waals surface area contributed by atoms with Gasteiger partial charge in [0.2, 0.25) is 0 Å². The van der Waals surface area contributed by atoms with Crippen molar-refractivity contribution in [3.63, 3.8) is 0 Å². The van der Waals surface area contributed by atoms with E-state index in [1.807, 2.05) is 0 Å². The second kappa shape index (κ2) is 2.84. The molecule has 0 radical (unpaired) electrons. The molecule has 0 N–H and O–H groups in total. The van der Waals surface area contributed by atoms with Crippen LogP contribution in [0.4, 0.5) is 4.48 Å². The lowest BCUT2D eigenvalue weighted by Gasteiger charge is -1.89. The monoisotopic (exact) mass is 189 g/mol. The van der Waals surface area contributed by atoms with Gasteiger partial charge in [0.15, 0.2) is 0 Å². The van der Waals surface area contributed by atoms with E-state index < -0.39 is 0 Å². The van der Waals surface area contributed by atoms with Crippen LogP contribution in [-0.2, 0) is 0 Å². The van der Waals surface area contributed by atoms with Gasteiger partial charge in [-0.2, -0.15) is 0 Å². The largest absolute Gasteiger partial charge is 0.124 e. The third-order valence-corrected chi connectivity index (χ3v) is 0.921. The van der Waals surface area contributed by atoms with Crippen LogP contribution in [0.15, 0.2) is 0 Å². The van der Waals surface area contributed by atoms with Crippen molar-refractivity contribution in [2.45, 2.75) is 6.92 Å². The Bertz CT molecular complexity index is 23.6. The fraction of sp³-hybridized carbons (Fsp3) is 1.00. The van der Waals surface area contributed by atoms with E-state index in [0.717, 1.165) is 0 Å². The zero-order chi connectivity index (χ0) is 4.28. The van der Waals surface area contributed by atoms with Crippen LogP contribution in [0.1, 0.15) is 6.92 Å². The van der Waals surface area contributed by atoms with Crippen LogP contribution >= 0.6 is 22.9 Å². The van der Waals surface area contributed by atoms with Crippen molar-refractivity contribution in [1.82, 2.24) is 3.34 Å². The second-order valence-corrected chi connectivity index (χ2v) is 1.67. The summed E-state index contributed by atoms with van der Waals surface area (Å²) in [4.78, 5) is 0. The molecule has 0 saturated carbocycles. The predicted octanol–water partition coefficient (Wildman–Crippen LogP) is 1.54. The lowest BCUT2D eigenvalue weighted by Crippen LogP contribution is -1.92. The minimum absolute atomic E-state index is 0.459. The van der Waals surface area contributed by atoms with Gasteiger partial charge in [-0.05, 0) is 6.92 Å². The molecule has 0 heterocycles. The fourth-order valence-electron chi connectivity index (χ4n) is 0. The van der Waals surface area contributed by atoms with Gasteiger partial charge in [-0.1, -0.05) is 3.34 Å². The summed E-state index contributed by atoms with van der Waals surface area (Å²) in [5.41, 5.74) is 0. The van der Waals surface area contributed by atoms with Gasteiger partial charge in [0, 0.05) is 6.54 Å². The highest BCUT2D eigenvalue weighted by molar-refractivity contribution is 14.1. The molecule has 0 aliphatic carbocycles. The molecule has 0 aromatic rings. The standard InChI is InChI=1S/C2H5FIN/c1-2-5(3)4/h2H2,1H3. The first-order valence-electron chi connectivity index (χ1n) is 1.36. The maximum atomic E-state index is 11.3. The van der Waals surface area contributed by atoms with Crippen LogP contribution in [0, 0.1) is 0 Å². The molecule has 0 amide bonds. The van der Waals surface area contributed by atoms with E-state index in [4.69, 9.17) is 0 Å². The van der Waals surface area contributed by atoms with Crippen LogP contribution < -0.4 is 0 Å². The SMILES string of the molecule is CCN(F)I. The molecule has 0 aliphatic heterocycles. The summed E-state index contributed by atoms with van der Waals surface area (Å²) in [6.45, 7) is 2.20. The van der Waals surface area contributed by atoms with Crippen LogP contribution in [0.3, 0.4) is 0 Å². The molecular formula is C2H5FIN. The molecule has 0 rings (SSSR count). The number of halogens is 2. The van der Waals surface area contributed by atoms with Gasteiger partial charge in [-0.15, -0.1) is 4.48 Å². The van der Waals surface area contributed by atoms with E-state index in [0.29, 0.717) is 9.88 Å². The average molecular weight is 189 g/mol. The minimum Gasteiger partial charge on any atom is -0.124 e. The lowest BCUT2D eigenvalue weighted by atomic mass is 10.8. The van der Waals surface area contributed by atoms with E-state index in [-0.39, 0.29) is 0 Å². The molecule has 0 aromatic heterocycles. The quantitative estimate of drug-likeness (QED) is 0.446. The molecule has 0 unspecified atom stereocenters. The van der Waals surface area contributed by atoms with Crippen molar-refractivity contribution in [2.75, 3.05) is 6.54 Å². The summed E-state index contributed by atoms with van der Waals surface area (Å²) in [6.07, 6.45) is 0. The molecule has 1 nitrogen and oxygen atoms in total. The smallest absolute Gasteiger partial charge is 0.0554 e. The molecule has 32 valence electrons. The molecule has 0 fully saturated rings. The van der Waals surface area contributed by atoms with Gasteiger partial charge < -0.3 is 0 Å². The molecule has 5 heavy (non-hydrogen) atoms. The number of rotatable bonds is 1. The Morgan fingerprint density at radius 3 is 2.20 bits per heavy atom. The Morgan fingerprint density at radius 2 is 2.20 bits per heavy atom. The van der Waals surface area contributed by atoms with Crippen LogP contribution in [-0.4, -0.2) is 9.88 Å². The first kappa shape index (κ1) is 5.62. The molecule has 0 saturated heterocycles. The minimum atomic E-state index is 0.459. The normalized spacial score (nSPS) is 9.60. The van der Waals surface area contributed by atoms with Crippen molar-refractivity contribution < 1.29 is 4.48 Å². The number of nitrogens with zero attached hydrogens (tertiary/aromatic N) is 1. The van der Waals surface area contributed by atoms with E-state index >= 15 is 0 Å². The Labute approximate surface area is 44.6 Å². The first-order chi connectivity index (χ1) is 2.27. The second-order valence-electron chi connectivity index (χ2n) is 0.619. The molecular weight excluding hydrogens is 184 g/mol. The number of hydrogen-bond acceptors (Lipinski definition) is 1. The van der Waals surface area contributed by atoms with Crippen molar-refractivity contribution in [3.8, 4) is 0 Å². The van der Waals surface area contributed by atoms with Gasteiger partial charge in [-0.25, -0.2) is 0 Å². The third kappa shape index (κ3) is 4.62. The van der Waals surface area contributed by atoms with E-state index in [1.54, 1.807) is 29.8 Å². The van der Waals surface area contributed by atoms with Crippen molar-refractivity contribution in [1.29, 1.82) is 0 Å². The maximum Gasteiger partial charge on any atom is 0.0554 e. The highest BCUT2D eigenvalue weighted by Crippen LogP contribution is 1.93. The van der Waals surface area contributed by atoms with E-state index in [2.05, 4.69) is 0 Å². The maximum absolute atomic E-state index is 11.3. The summed E-state index contributed by atoms with van der Waals surface area (Å²) >= 11 is 1.57. The Morgan fingerprint density at radius 1 is 2.00 bits per heavy atom.